The van der Waals surface area contributed by atoms with E-state index in [4.69, 9.17) is 9.47 Å². The van der Waals surface area contributed by atoms with E-state index in [1.807, 2.05) is 6.08 Å². The number of unbranched alkanes of at least 4 members (excludes halogenated alkanes) is 34. The van der Waals surface area contributed by atoms with Crippen LogP contribution in [0.2, 0.25) is 0 Å². The lowest BCUT2D eigenvalue weighted by Gasteiger charge is -2.40. The lowest BCUT2D eigenvalue weighted by molar-refractivity contribution is -0.302. The third-order valence-electron chi connectivity index (χ3n) is 13.4. The first-order chi connectivity index (χ1) is 31.8. The Bertz CT molecular complexity index is 1090. The SMILES string of the molecule is CCCCCCCCCCCCC/C=C/C(O)C(COC1OC(CO)C(O)C(O)C1O)NC(=O)C(O)CCCCCCCCCCCCC/C=C\CCCCCCCCCCCCCC. The van der Waals surface area contributed by atoms with Gasteiger partial charge in [0.15, 0.2) is 6.29 Å². The van der Waals surface area contributed by atoms with Crippen LogP contribution in [-0.4, -0.2) is 98.7 Å². The fourth-order valence-corrected chi connectivity index (χ4v) is 8.87. The minimum atomic E-state index is -1.61. The number of ether oxygens (including phenoxy) is 2. The first kappa shape index (κ1) is 61.6. The predicted octanol–water partition coefficient (Wildman–Crippen LogP) is 12.0. The predicted molar refractivity (Wildman–Crippen MR) is 269 cm³/mol. The van der Waals surface area contributed by atoms with E-state index in [9.17, 15) is 35.4 Å². The average Bonchev–Trinajstić information content (AvgIpc) is 3.31. The van der Waals surface area contributed by atoms with Gasteiger partial charge in [-0.2, -0.15) is 0 Å². The highest BCUT2D eigenvalue weighted by Gasteiger charge is 2.44. The van der Waals surface area contributed by atoms with Crippen LogP contribution < -0.4 is 5.32 Å². The first-order valence-electron chi connectivity index (χ1n) is 27.7. The van der Waals surface area contributed by atoms with E-state index in [-0.39, 0.29) is 6.61 Å². The molecule has 65 heavy (non-hydrogen) atoms. The number of carbonyl (C=O) groups excluding carboxylic acids is 1. The minimum absolute atomic E-state index is 0.304. The maximum atomic E-state index is 13.1. The maximum absolute atomic E-state index is 13.1. The van der Waals surface area contributed by atoms with Crippen molar-refractivity contribution in [2.75, 3.05) is 13.2 Å². The summed E-state index contributed by atoms with van der Waals surface area (Å²) in [4.78, 5) is 13.1. The molecule has 0 aliphatic carbocycles. The van der Waals surface area contributed by atoms with Gasteiger partial charge >= 0.3 is 0 Å². The standard InChI is InChI=1S/C55H105NO9/c1-3-5-7-9-11-13-15-17-18-19-20-21-22-23-24-25-26-27-28-29-30-32-34-36-38-40-42-44-49(59)54(63)56-47(46-64-55-53(62)52(61)51(60)50(45-57)65-55)48(58)43-41-39-37-35-33-31-16-14-12-10-8-6-4-2/h23-24,41,43,47-53,55,57-62H,3-22,25-40,42,44-46H2,1-2H3,(H,56,63)/b24-23-,43-41+. The molecule has 0 saturated carbocycles. The number of hydrogen-bond donors (Lipinski definition) is 7. The first-order valence-corrected chi connectivity index (χ1v) is 27.7. The molecule has 7 N–H and O–H groups in total. The van der Waals surface area contributed by atoms with E-state index in [2.05, 4.69) is 31.3 Å². The fourth-order valence-electron chi connectivity index (χ4n) is 8.87. The van der Waals surface area contributed by atoms with Gasteiger partial charge in [-0.3, -0.25) is 4.79 Å². The highest BCUT2D eigenvalue weighted by atomic mass is 16.7. The fraction of sp³-hybridized carbons (Fsp3) is 0.909. The van der Waals surface area contributed by atoms with E-state index >= 15 is 0 Å². The Morgan fingerprint density at radius 1 is 0.523 bits per heavy atom. The second-order valence-electron chi connectivity index (χ2n) is 19.5. The lowest BCUT2D eigenvalue weighted by Crippen LogP contribution is -2.60. The molecule has 0 radical (unpaired) electrons. The summed E-state index contributed by atoms with van der Waals surface area (Å²) in [5, 5.41) is 64.9. The normalized spacial score (nSPS) is 20.5. The topological polar surface area (TPSA) is 169 Å². The van der Waals surface area contributed by atoms with Crippen LogP contribution in [0.1, 0.15) is 258 Å². The summed E-state index contributed by atoms with van der Waals surface area (Å²) in [6.07, 6.45) is 45.7. The number of aliphatic hydroxyl groups is 6. The molecule has 1 saturated heterocycles. The molecule has 0 aromatic heterocycles. The van der Waals surface area contributed by atoms with Crippen molar-refractivity contribution in [1.82, 2.24) is 5.32 Å². The maximum Gasteiger partial charge on any atom is 0.249 e. The van der Waals surface area contributed by atoms with Gasteiger partial charge in [0.2, 0.25) is 5.91 Å². The number of hydrogen-bond acceptors (Lipinski definition) is 9. The molecule has 1 amide bonds. The van der Waals surface area contributed by atoms with E-state index < -0.39 is 61.5 Å². The van der Waals surface area contributed by atoms with E-state index in [1.54, 1.807) is 6.08 Å². The second-order valence-corrected chi connectivity index (χ2v) is 19.5. The number of carbonyl (C=O) groups is 1. The molecule has 1 fully saturated rings. The van der Waals surface area contributed by atoms with Gasteiger partial charge in [-0.15, -0.1) is 0 Å². The van der Waals surface area contributed by atoms with Gasteiger partial charge in [-0.25, -0.2) is 0 Å². The number of nitrogens with one attached hydrogen (secondary N) is 1. The molecule has 0 spiro atoms. The molecule has 10 nitrogen and oxygen atoms in total. The molecule has 10 heteroatoms. The summed E-state index contributed by atoms with van der Waals surface area (Å²) in [6, 6.07) is -0.978. The molecular formula is C55H105NO9. The Morgan fingerprint density at radius 2 is 0.892 bits per heavy atom. The molecule has 0 aromatic carbocycles. The van der Waals surface area contributed by atoms with Crippen molar-refractivity contribution in [2.24, 2.45) is 0 Å². The van der Waals surface area contributed by atoms with Crippen LogP contribution in [0, 0.1) is 0 Å². The smallest absolute Gasteiger partial charge is 0.249 e. The van der Waals surface area contributed by atoms with Gasteiger partial charge in [-0.05, 0) is 44.9 Å². The van der Waals surface area contributed by atoms with E-state index in [0.717, 1.165) is 44.9 Å². The molecule has 0 bridgehead atoms. The molecule has 8 atom stereocenters. The largest absolute Gasteiger partial charge is 0.394 e. The summed E-state index contributed by atoms with van der Waals surface area (Å²) >= 11 is 0. The van der Waals surface area contributed by atoms with Crippen LogP contribution in [0.4, 0.5) is 0 Å². The Hall–Kier alpha value is -1.37. The molecular weight excluding hydrogens is 819 g/mol. The lowest BCUT2D eigenvalue weighted by atomic mass is 9.99. The highest BCUT2D eigenvalue weighted by molar-refractivity contribution is 5.80. The Morgan fingerprint density at radius 3 is 1.29 bits per heavy atom. The summed E-state index contributed by atoms with van der Waals surface area (Å²) in [7, 11) is 0. The molecule has 1 heterocycles. The molecule has 8 unspecified atom stereocenters. The van der Waals surface area contributed by atoms with Crippen molar-refractivity contribution in [1.29, 1.82) is 0 Å². The minimum Gasteiger partial charge on any atom is -0.394 e. The van der Waals surface area contributed by atoms with Crippen LogP contribution in [-0.2, 0) is 14.3 Å². The Balaban J connectivity index is 2.23. The molecule has 1 rings (SSSR count). The van der Waals surface area contributed by atoms with Gasteiger partial charge in [0, 0.05) is 0 Å². The van der Waals surface area contributed by atoms with Crippen molar-refractivity contribution in [3.8, 4) is 0 Å². The van der Waals surface area contributed by atoms with Crippen molar-refractivity contribution in [3.63, 3.8) is 0 Å². The number of rotatable bonds is 47. The summed E-state index contributed by atoms with van der Waals surface area (Å²) < 4.78 is 11.2. The molecule has 1 aliphatic heterocycles. The third-order valence-corrected chi connectivity index (χ3v) is 13.4. The summed E-state index contributed by atoms with van der Waals surface area (Å²) in [6.45, 7) is 3.63. The number of amides is 1. The van der Waals surface area contributed by atoms with Gasteiger partial charge in [-0.1, -0.05) is 237 Å². The van der Waals surface area contributed by atoms with Crippen LogP contribution >= 0.6 is 0 Å². The number of aliphatic hydroxyl groups excluding tert-OH is 6. The zero-order valence-corrected chi connectivity index (χ0v) is 42.1. The van der Waals surface area contributed by atoms with Gasteiger partial charge in [0.1, 0.15) is 30.5 Å². The van der Waals surface area contributed by atoms with Gasteiger partial charge < -0.3 is 45.4 Å². The molecule has 1 aliphatic rings. The molecule has 0 aromatic rings. The van der Waals surface area contributed by atoms with Crippen molar-refractivity contribution in [3.05, 3.63) is 24.3 Å². The van der Waals surface area contributed by atoms with Crippen LogP contribution in [0.25, 0.3) is 0 Å². The highest BCUT2D eigenvalue weighted by Crippen LogP contribution is 2.23. The zero-order chi connectivity index (χ0) is 47.4. The number of allylic oxidation sites excluding steroid dienone is 3. The van der Waals surface area contributed by atoms with Crippen molar-refractivity contribution < 1.29 is 44.9 Å². The van der Waals surface area contributed by atoms with Gasteiger partial charge in [0.05, 0.1) is 25.4 Å². The van der Waals surface area contributed by atoms with Crippen molar-refractivity contribution >= 4 is 5.91 Å². The Labute approximate surface area is 399 Å². The zero-order valence-electron chi connectivity index (χ0n) is 42.1. The second kappa shape index (κ2) is 45.1. The van der Waals surface area contributed by atoms with Gasteiger partial charge in [0.25, 0.3) is 0 Å². The quantitative estimate of drug-likeness (QED) is 0.0232. The van der Waals surface area contributed by atoms with Crippen LogP contribution in [0.3, 0.4) is 0 Å². The third kappa shape index (κ3) is 34.6. The van der Waals surface area contributed by atoms with E-state index in [1.165, 1.54) is 193 Å². The summed E-state index contributed by atoms with van der Waals surface area (Å²) in [5.74, 6) is -0.615. The Kier molecular flexibility index (Phi) is 42.8. The van der Waals surface area contributed by atoms with E-state index in [0.29, 0.717) is 6.42 Å². The summed E-state index contributed by atoms with van der Waals surface area (Å²) in [5.41, 5.74) is 0. The van der Waals surface area contributed by atoms with Crippen LogP contribution in [0.15, 0.2) is 24.3 Å². The monoisotopic (exact) mass is 924 g/mol. The average molecular weight is 924 g/mol. The van der Waals surface area contributed by atoms with Crippen molar-refractivity contribution in [2.45, 2.75) is 307 Å². The van der Waals surface area contributed by atoms with Crippen LogP contribution in [0.5, 0.6) is 0 Å². The molecule has 384 valence electrons.